The van der Waals surface area contributed by atoms with Gasteiger partial charge in [0.25, 0.3) is 0 Å². The topological polar surface area (TPSA) is 40.6 Å². The first kappa shape index (κ1) is 17.5. The van der Waals surface area contributed by atoms with Crippen LogP contribution in [0.5, 0.6) is 0 Å². The fraction of sp³-hybridized carbons (Fsp3) is 0.579. The number of carbonyl (C=O) groups excluding carboxylic acids is 2. The Morgan fingerprint density at radius 2 is 1.70 bits per heavy atom. The number of aryl methyl sites for hydroxylation is 2. The van der Waals surface area contributed by atoms with Crippen LogP contribution in [0.1, 0.15) is 50.7 Å². The van der Waals surface area contributed by atoms with Crippen molar-refractivity contribution < 1.29 is 9.59 Å². The summed E-state index contributed by atoms with van der Waals surface area (Å²) >= 11 is 0. The summed E-state index contributed by atoms with van der Waals surface area (Å²) in [5.41, 5.74) is 2.95. The van der Waals surface area contributed by atoms with Gasteiger partial charge in [-0.2, -0.15) is 0 Å². The number of amides is 2. The van der Waals surface area contributed by atoms with E-state index in [1.807, 2.05) is 50.8 Å². The summed E-state index contributed by atoms with van der Waals surface area (Å²) in [4.78, 5) is 29.1. The van der Waals surface area contributed by atoms with Crippen molar-refractivity contribution in [2.75, 3.05) is 18.0 Å². The summed E-state index contributed by atoms with van der Waals surface area (Å²) in [6.45, 7) is 9.32. The second kappa shape index (κ2) is 7.62. The third-order valence-electron chi connectivity index (χ3n) is 4.66. The lowest BCUT2D eigenvalue weighted by Crippen LogP contribution is -2.51. The molecule has 1 aliphatic rings. The third-order valence-corrected chi connectivity index (χ3v) is 4.66. The van der Waals surface area contributed by atoms with Crippen LogP contribution in [-0.2, 0) is 9.59 Å². The lowest BCUT2D eigenvalue weighted by molar-refractivity contribution is -0.135. The normalized spacial score (nSPS) is 16.1. The van der Waals surface area contributed by atoms with Crippen molar-refractivity contribution in [3.8, 4) is 0 Å². The van der Waals surface area contributed by atoms with Crippen LogP contribution in [-0.4, -0.2) is 35.8 Å². The predicted molar refractivity (Wildman–Crippen MR) is 93.6 cm³/mol. The van der Waals surface area contributed by atoms with Crippen LogP contribution in [0, 0.1) is 13.8 Å². The molecule has 0 saturated carbocycles. The van der Waals surface area contributed by atoms with E-state index in [2.05, 4.69) is 0 Å². The molecule has 0 aromatic heterocycles. The Labute approximate surface area is 139 Å². The zero-order chi connectivity index (χ0) is 17.0. The maximum atomic E-state index is 12.9. The SMILES string of the molecule is CCC(=O)N(c1c(C)cccc1C)C(C)C(=O)N1CCCCC1. The average molecular weight is 316 g/mol. The molecule has 1 heterocycles. The standard InChI is InChI=1S/C19H28N2O2/c1-5-17(22)21(18-14(2)10-9-11-15(18)3)16(4)19(23)20-12-7-6-8-13-20/h9-11,16H,5-8,12-13H2,1-4H3. The lowest BCUT2D eigenvalue weighted by atomic mass is 10.0. The Morgan fingerprint density at radius 3 is 2.22 bits per heavy atom. The summed E-state index contributed by atoms with van der Waals surface area (Å²) in [5.74, 6) is 0.0643. The molecule has 1 saturated heterocycles. The monoisotopic (exact) mass is 316 g/mol. The Bertz CT molecular complexity index is 556. The first-order valence-corrected chi connectivity index (χ1v) is 8.64. The second-order valence-electron chi connectivity index (χ2n) is 6.42. The molecular weight excluding hydrogens is 288 g/mol. The van der Waals surface area contributed by atoms with Crippen molar-refractivity contribution in [2.24, 2.45) is 0 Å². The van der Waals surface area contributed by atoms with Crippen LogP contribution in [0.25, 0.3) is 0 Å². The third kappa shape index (κ3) is 3.74. The van der Waals surface area contributed by atoms with Gasteiger partial charge in [-0.3, -0.25) is 14.5 Å². The highest BCUT2D eigenvalue weighted by Crippen LogP contribution is 2.28. The minimum absolute atomic E-state index is 0.000240. The molecular formula is C19H28N2O2. The van der Waals surface area contributed by atoms with Gasteiger partial charge < -0.3 is 4.90 Å². The van der Waals surface area contributed by atoms with Gasteiger partial charge in [-0.1, -0.05) is 25.1 Å². The summed E-state index contributed by atoms with van der Waals surface area (Å²) in [6.07, 6.45) is 3.70. The van der Waals surface area contributed by atoms with Gasteiger partial charge in [0.05, 0.1) is 5.69 Å². The van der Waals surface area contributed by atoms with E-state index < -0.39 is 6.04 Å². The first-order chi connectivity index (χ1) is 11.0. The number of hydrogen-bond acceptors (Lipinski definition) is 2. The van der Waals surface area contributed by atoms with Gasteiger partial charge >= 0.3 is 0 Å². The summed E-state index contributed by atoms with van der Waals surface area (Å²) in [5, 5.41) is 0. The van der Waals surface area contributed by atoms with E-state index in [1.165, 1.54) is 6.42 Å². The number of para-hydroxylation sites is 1. The molecule has 0 aliphatic carbocycles. The fourth-order valence-electron chi connectivity index (χ4n) is 3.38. The van der Waals surface area contributed by atoms with E-state index in [0.29, 0.717) is 6.42 Å². The zero-order valence-electron chi connectivity index (χ0n) is 14.8. The highest BCUT2D eigenvalue weighted by molar-refractivity contribution is 6.01. The number of anilines is 1. The van der Waals surface area contributed by atoms with E-state index in [0.717, 1.165) is 42.7 Å². The van der Waals surface area contributed by atoms with E-state index in [1.54, 1.807) is 4.90 Å². The average Bonchev–Trinajstić information content (AvgIpc) is 2.57. The number of hydrogen-bond donors (Lipinski definition) is 0. The van der Waals surface area contributed by atoms with E-state index in [4.69, 9.17) is 0 Å². The van der Waals surface area contributed by atoms with Crippen LogP contribution < -0.4 is 4.90 Å². The molecule has 4 nitrogen and oxygen atoms in total. The number of rotatable bonds is 4. The van der Waals surface area contributed by atoms with Crippen molar-refractivity contribution in [3.63, 3.8) is 0 Å². The Hall–Kier alpha value is -1.84. The predicted octanol–water partition coefficient (Wildman–Crippen LogP) is 3.45. The van der Waals surface area contributed by atoms with Crippen molar-refractivity contribution in [3.05, 3.63) is 29.3 Å². The number of piperidine rings is 1. The molecule has 2 rings (SSSR count). The number of carbonyl (C=O) groups is 2. The Kier molecular flexibility index (Phi) is 5.80. The minimum atomic E-state index is -0.458. The lowest BCUT2D eigenvalue weighted by Gasteiger charge is -2.35. The van der Waals surface area contributed by atoms with Crippen molar-refractivity contribution in [2.45, 2.75) is 59.4 Å². The molecule has 1 aromatic carbocycles. The maximum Gasteiger partial charge on any atom is 0.245 e. The maximum absolute atomic E-state index is 12.9. The van der Waals surface area contributed by atoms with Crippen LogP contribution in [0.15, 0.2) is 18.2 Å². The Morgan fingerprint density at radius 1 is 1.13 bits per heavy atom. The molecule has 126 valence electrons. The van der Waals surface area contributed by atoms with Crippen LogP contribution in [0.3, 0.4) is 0 Å². The molecule has 1 atom stereocenters. The van der Waals surface area contributed by atoms with Crippen molar-refractivity contribution in [1.29, 1.82) is 0 Å². The number of likely N-dealkylation sites (tertiary alicyclic amines) is 1. The van der Waals surface area contributed by atoms with Gasteiger partial charge in [0.2, 0.25) is 11.8 Å². The van der Waals surface area contributed by atoms with Gasteiger partial charge in [-0.05, 0) is 51.2 Å². The quantitative estimate of drug-likeness (QED) is 0.853. The molecule has 1 aliphatic heterocycles. The second-order valence-corrected chi connectivity index (χ2v) is 6.42. The summed E-state index contributed by atoms with van der Waals surface area (Å²) < 4.78 is 0. The fourth-order valence-corrected chi connectivity index (χ4v) is 3.38. The molecule has 23 heavy (non-hydrogen) atoms. The smallest absolute Gasteiger partial charge is 0.245 e. The highest BCUT2D eigenvalue weighted by atomic mass is 16.2. The molecule has 0 N–H and O–H groups in total. The van der Waals surface area contributed by atoms with Crippen molar-refractivity contribution >= 4 is 17.5 Å². The number of benzene rings is 1. The van der Waals surface area contributed by atoms with Gasteiger partial charge in [0.15, 0.2) is 0 Å². The minimum Gasteiger partial charge on any atom is -0.341 e. The van der Waals surface area contributed by atoms with Gasteiger partial charge in [-0.15, -0.1) is 0 Å². The molecule has 0 radical (unpaired) electrons. The first-order valence-electron chi connectivity index (χ1n) is 8.64. The van der Waals surface area contributed by atoms with Crippen LogP contribution in [0.4, 0.5) is 5.69 Å². The van der Waals surface area contributed by atoms with Gasteiger partial charge in [0, 0.05) is 19.5 Å². The molecule has 0 bridgehead atoms. The highest BCUT2D eigenvalue weighted by Gasteiger charge is 2.31. The van der Waals surface area contributed by atoms with E-state index in [9.17, 15) is 9.59 Å². The summed E-state index contributed by atoms with van der Waals surface area (Å²) in [6, 6.07) is 5.52. The van der Waals surface area contributed by atoms with Crippen LogP contribution in [0.2, 0.25) is 0 Å². The zero-order valence-corrected chi connectivity index (χ0v) is 14.8. The molecule has 2 amide bonds. The van der Waals surface area contributed by atoms with Gasteiger partial charge in [0.1, 0.15) is 6.04 Å². The Balaban J connectivity index is 2.34. The van der Waals surface area contributed by atoms with Gasteiger partial charge in [-0.25, -0.2) is 0 Å². The molecule has 1 fully saturated rings. The van der Waals surface area contributed by atoms with Crippen LogP contribution >= 0.6 is 0 Å². The van der Waals surface area contributed by atoms with Crippen molar-refractivity contribution in [1.82, 2.24) is 4.90 Å². The molecule has 1 unspecified atom stereocenters. The molecule has 0 spiro atoms. The summed E-state index contributed by atoms with van der Waals surface area (Å²) in [7, 11) is 0. The molecule has 1 aromatic rings. The number of nitrogens with zero attached hydrogens (tertiary/aromatic N) is 2. The largest absolute Gasteiger partial charge is 0.341 e. The van der Waals surface area contributed by atoms with E-state index >= 15 is 0 Å². The van der Waals surface area contributed by atoms with E-state index in [-0.39, 0.29) is 11.8 Å². The molecule has 4 heteroatoms.